The van der Waals surface area contributed by atoms with Gasteiger partial charge in [0.2, 0.25) is 0 Å². The molecule has 0 saturated carbocycles. The summed E-state index contributed by atoms with van der Waals surface area (Å²) in [5.74, 6) is -0.745. The number of hydroxylamine groups is 4. The first-order chi connectivity index (χ1) is 22.4. The summed E-state index contributed by atoms with van der Waals surface area (Å²) in [6.07, 6.45) is 3.95. The number of carbonyl (C=O) groups excluding carboxylic acids is 4. The van der Waals surface area contributed by atoms with E-state index >= 15 is 0 Å². The summed E-state index contributed by atoms with van der Waals surface area (Å²) in [6.45, 7) is 16.1. The summed E-state index contributed by atoms with van der Waals surface area (Å²) >= 11 is 0. The van der Waals surface area contributed by atoms with Crippen molar-refractivity contribution in [3.8, 4) is 0 Å². The van der Waals surface area contributed by atoms with E-state index in [-0.39, 0.29) is 48.6 Å². The Morgan fingerprint density at radius 2 is 1.00 bits per heavy atom. The van der Waals surface area contributed by atoms with E-state index in [1.807, 2.05) is 69.2 Å². The molecule has 262 valence electrons. The van der Waals surface area contributed by atoms with Gasteiger partial charge in [-0.2, -0.15) is 0 Å². The van der Waals surface area contributed by atoms with Crippen LogP contribution >= 0.6 is 0 Å². The zero-order valence-corrected chi connectivity index (χ0v) is 30.0. The van der Waals surface area contributed by atoms with Gasteiger partial charge in [0, 0.05) is 37.7 Å². The van der Waals surface area contributed by atoms with Crippen molar-refractivity contribution >= 4 is 23.7 Å². The maximum atomic E-state index is 13.0. The van der Waals surface area contributed by atoms with Crippen LogP contribution in [0.3, 0.4) is 0 Å². The third kappa shape index (κ3) is 9.53. The minimum absolute atomic E-state index is 0.136. The van der Waals surface area contributed by atoms with Crippen LogP contribution < -0.4 is 0 Å². The quantitative estimate of drug-likeness (QED) is 0.128. The molecule has 0 atom stereocenters. The molecule has 0 aliphatic carbocycles. The molecule has 0 unspecified atom stereocenters. The highest BCUT2D eigenvalue weighted by Gasteiger charge is 2.50. The normalized spacial score (nSPS) is 20.8. The molecule has 9 heteroatoms. The van der Waals surface area contributed by atoms with E-state index in [0.717, 1.165) is 18.4 Å². The third-order valence-corrected chi connectivity index (χ3v) is 9.48. The van der Waals surface area contributed by atoms with Crippen molar-refractivity contribution in [1.82, 2.24) is 10.1 Å². The molecule has 2 heterocycles. The first-order valence-corrected chi connectivity index (χ1v) is 17.3. The zero-order chi connectivity index (χ0) is 35.3. The number of nitrogens with zero attached hydrogens (tertiary/aromatic N) is 2. The van der Waals surface area contributed by atoms with Crippen LogP contribution in [0.4, 0.5) is 0 Å². The van der Waals surface area contributed by atoms with Gasteiger partial charge in [-0.1, -0.05) is 48.5 Å². The van der Waals surface area contributed by atoms with Crippen LogP contribution in [-0.2, 0) is 24.0 Å². The molecule has 2 aromatic carbocycles. The number of carbonyl (C=O) groups is 4. The molecule has 48 heavy (non-hydrogen) atoms. The van der Waals surface area contributed by atoms with Crippen molar-refractivity contribution in [3.05, 3.63) is 71.8 Å². The smallest absolute Gasteiger partial charge is 0.338 e. The average Bonchev–Trinajstić information content (AvgIpc) is 2.99. The molecule has 0 radical (unpaired) electrons. The summed E-state index contributed by atoms with van der Waals surface area (Å²) in [7, 11) is 0. The second-order valence-electron chi connectivity index (χ2n) is 16.0. The van der Waals surface area contributed by atoms with E-state index in [2.05, 4.69) is 27.7 Å². The maximum Gasteiger partial charge on any atom is 0.338 e. The summed E-state index contributed by atoms with van der Waals surface area (Å²) in [4.78, 5) is 63.4. The predicted molar refractivity (Wildman–Crippen MR) is 184 cm³/mol. The number of hydrogen-bond acceptors (Lipinski definition) is 9. The highest BCUT2D eigenvalue weighted by atomic mass is 16.7. The Kier molecular flexibility index (Phi) is 11.6. The molecule has 0 aromatic heterocycles. The largest absolute Gasteiger partial charge is 0.459 e. The second kappa shape index (κ2) is 14.9. The van der Waals surface area contributed by atoms with Crippen LogP contribution in [0, 0.1) is 5.92 Å². The molecule has 2 aliphatic heterocycles. The van der Waals surface area contributed by atoms with E-state index < -0.39 is 22.2 Å². The van der Waals surface area contributed by atoms with Gasteiger partial charge in [0.1, 0.15) is 6.10 Å². The Morgan fingerprint density at radius 3 is 1.44 bits per heavy atom. The fourth-order valence-corrected chi connectivity index (χ4v) is 8.00. The van der Waals surface area contributed by atoms with Crippen LogP contribution in [0.25, 0.3) is 0 Å². The predicted octanol–water partition coefficient (Wildman–Crippen LogP) is 7.88. The summed E-state index contributed by atoms with van der Waals surface area (Å²) in [5.41, 5.74) is -0.791. The number of hydrogen-bond donors (Lipinski definition) is 0. The van der Waals surface area contributed by atoms with Crippen molar-refractivity contribution in [2.45, 2.75) is 141 Å². The second-order valence-corrected chi connectivity index (χ2v) is 16.0. The lowest BCUT2D eigenvalue weighted by atomic mass is 9.73. The fourth-order valence-electron chi connectivity index (χ4n) is 8.00. The van der Waals surface area contributed by atoms with Crippen LogP contribution in [-0.4, -0.2) is 62.1 Å². The van der Waals surface area contributed by atoms with Crippen LogP contribution in [0.2, 0.25) is 0 Å². The minimum atomic E-state index is -0.565. The lowest BCUT2D eigenvalue weighted by Crippen LogP contribution is -2.62. The van der Waals surface area contributed by atoms with Crippen molar-refractivity contribution in [3.63, 3.8) is 0 Å². The van der Waals surface area contributed by atoms with E-state index in [9.17, 15) is 19.2 Å². The number of esters is 1. The zero-order valence-electron chi connectivity index (χ0n) is 30.0. The van der Waals surface area contributed by atoms with E-state index in [4.69, 9.17) is 14.4 Å². The number of rotatable bonds is 12. The first-order valence-electron chi connectivity index (χ1n) is 17.3. The minimum Gasteiger partial charge on any atom is -0.459 e. The Hall–Kier alpha value is -3.56. The SMILES string of the molecule is CC1(C)CC(CC(=O)c2ccccc2)CC(C)(C)N1OC(=O)CCCCC(=O)ON1C(C)(C)CC(OC(=O)c2ccccc2)CC1(C)C. The first kappa shape index (κ1) is 37.3. The van der Waals surface area contributed by atoms with Gasteiger partial charge in [-0.25, -0.2) is 4.79 Å². The molecule has 2 saturated heterocycles. The molecular weight excluding hydrogens is 608 g/mol. The number of ether oxygens (including phenoxy) is 1. The number of Topliss-reactive ketones (excluding diaryl/α,β-unsaturated/α-hetero) is 1. The summed E-state index contributed by atoms with van der Waals surface area (Å²) in [5, 5.41) is 3.55. The van der Waals surface area contributed by atoms with E-state index in [1.54, 1.807) is 29.3 Å². The number of benzene rings is 2. The molecule has 4 rings (SSSR count). The lowest BCUT2D eigenvalue weighted by molar-refractivity contribution is -0.276. The molecule has 2 aromatic rings. The van der Waals surface area contributed by atoms with Crippen molar-refractivity contribution in [2.75, 3.05) is 0 Å². The van der Waals surface area contributed by atoms with Crippen LogP contribution in [0.5, 0.6) is 0 Å². The molecule has 9 nitrogen and oxygen atoms in total. The fraction of sp³-hybridized carbons (Fsp3) is 0.590. The molecular formula is C39H54N2O7. The Morgan fingerprint density at radius 1 is 0.604 bits per heavy atom. The van der Waals surface area contributed by atoms with Crippen molar-refractivity contribution in [1.29, 1.82) is 0 Å². The Balaban J connectivity index is 1.22. The summed E-state index contributed by atoms with van der Waals surface area (Å²) in [6, 6.07) is 18.3. The molecule has 2 fully saturated rings. The van der Waals surface area contributed by atoms with Crippen molar-refractivity contribution < 1.29 is 33.6 Å². The van der Waals surface area contributed by atoms with Gasteiger partial charge >= 0.3 is 17.9 Å². The molecule has 2 aliphatic rings. The van der Waals surface area contributed by atoms with Gasteiger partial charge in [0.25, 0.3) is 0 Å². The average molecular weight is 663 g/mol. The van der Waals surface area contributed by atoms with E-state index in [0.29, 0.717) is 37.7 Å². The standard InChI is InChI=1S/C39H54N2O7/c1-36(2)24-28(23-32(42)29-17-11-9-12-18-29)25-37(3,4)40(36)47-33(43)21-15-16-22-34(44)48-41-38(5,6)26-31(27-39(41,7)8)46-35(45)30-19-13-10-14-20-30/h9-14,17-20,28,31H,15-16,21-27H2,1-8H3. The summed E-state index contributed by atoms with van der Waals surface area (Å²) < 4.78 is 5.85. The highest BCUT2D eigenvalue weighted by Crippen LogP contribution is 2.43. The molecule has 0 N–H and O–H groups in total. The van der Waals surface area contributed by atoms with Gasteiger partial charge in [-0.05, 0) is 99.1 Å². The topological polar surface area (TPSA) is 102 Å². The molecule has 0 spiro atoms. The van der Waals surface area contributed by atoms with Crippen LogP contribution in [0.1, 0.15) is 134 Å². The maximum absolute atomic E-state index is 13.0. The van der Waals surface area contributed by atoms with Gasteiger partial charge < -0.3 is 14.4 Å². The van der Waals surface area contributed by atoms with Gasteiger partial charge in [0.05, 0.1) is 27.7 Å². The van der Waals surface area contributed by atoms with Gasteiger partial charge in [0.15, 0.2) is 5.78 Å². The Bertz CT molecular complexity index is 1290. The Labute approximate surface area is 286 Å². The molecule has 0 amide bonds. The van der Waals surface area contributed by atoms with Gasteiger partial charge in [-0.3, -0.25) is 14.4 Å². The lowest BCUT2D eigenvalue weighted by Gasteiger charge is -2.53. The van der Waals surface area contributed by atoms with Crippen molar-refractivity contribution in [2.24, 2.45) is 5.92 Å². The van der Waals surface area contributed by atoms with Gasteiger partial charge in [-0.15, -0.1) is 10.1 Å². The number of ketones is 1. The molecule has 0 bridgehead atoms. The third-order valence-electron chi connectivity index (χ3n) is 9.48. The highest BCUT2D eigenvalue weighted by molar-refractivity contribution is 5.96. The van der Waals surface area contributed by atoms with Crippen LogP contribution in [0.15, 0.2) is 60.7 Å². The monoisotopic (exact) mass is 662 g/mol. The van der Waals surface area contributed by atoms with E-state index in [1.165, 1.54) is 0 Å². The number of piperidine rings is 2. The number of unbranched alkanes of at least 4 members (excludes halogenated alkanes) is 1.